The molecular formula is C51H42O6. The molecule has 0 bridgehead atoms. The van der Waals surface area contributed by atoms with E-state index in [2.05, 4.69) is 0 Å². The van der Waals surface area contributed by atoms with E-state index < -0.39 is 34.2 Å². The summed E-state index contributed by atoms with van der Waals surface area (Å²) in [6.45, 7) is 0. The number of hydrogen-bond acceptors (Lipinski definition) is 3. The van der Waals surface area contributed by atoms with Gasteiger partial charge in [-0.25, -0.2) is 0 Å². The van der Waals surface area contributed by atoms with Crippen LogP contribution in [0.1, 0.15) is 52.6 Å². The molecule has 0 fully saturated rings. The first-order chi connectivity index (χ1) is 27.7. The second-order valence-electron chi connectivity index (χ2n) is 14.5. The summed E-state index contributed by atoms with van der Waals surface area (Å²) >= 11 is 0. The van der Waals surface area contributed by atoms with Crippen LogP contribution in [-0.2, 0) is 30.6 Å². The van der Waals surface area contributed by atoms with Crippen molar-refractivity contribution in [2.75, 3.05) is 0 Å². The summed E-state index contributed by atoms with van der Waals surface area (Å²) in [6.07, 6.45) is 16.2. The molecule has 3 atom stereocenters. The lowest BCUT2D eigenvalue weighted by Gasteiger charge is -2.36. The lowest BCUT2D eigenvalue weighted by molar-refractivity contribution is -0.142. The smallest absolute Gasteiger partial charge is 0.318 e. The molecule has 6 nitrogen and oxygen atoms in total. The fraction of sp³-hybridized carbons (Fsp3) is 0.118. The molecule has 5 aromatic carbocycles. The highest BCUT2D eigenvalue weighted by Crippen LogP contribution is 2.46. The first kappa shape index (κ1) is 38.2. The van der Waals surface area contributed by atoms with Crippen molar-refractivity contribution in [1.82, 2.24) is 0 Å². The lowest BCUT2D eigenvalue weighted by atomic mass is 9.66. The van der Waals surface area contributed by atoms with Gasteiger partial charge in [0.15, 0.2) is 0 Å². The van der Waals surface area contributed by atoms with Crippen LogP contribution in [0.5, 0.6) is 0 Å². The monoisotopic (exact) mass is 750 g/mol. The van der Waals surface area contributed by atoms with Crippen LogP contribution >= 0.6 is 0 Å². The Kier molecular flexibility index (Phi) is 11.0. The van der Waals surface area contributed by atoms with E-state index in [9.17, 15) is 29.7 Å². The van der Waals surface area contributed by atoms with Gasteiger partial charge in [0.25, 0.3) is 0 Å². The van der Waals surface area contributed by atoms with Gasteiger partial charge >= 0.3 is 17.9 Å². The Bertz CT molecular complexity index is 2170. The van der Waals surface area contributed by atoms with Crippen molar-refractivity contribution >= 4 is 34.6 Å². The van der Waals surface area contributed by atoms with E-state index in [0.29, 0.717) is 16.7 Å². The molecule has 57 heavy (non-hydrogen) atoms. The minimum absolute atomic E-state index is 0.0912. The number of benzene rings is 5. The van der Waals surface area contributed by atoms with E-state index in [1.807, 2.05) is 146 Å². The van der Waals surface area contributed by atoms with Crippen molar-refractivity contribution in [1.29, 1.82) is 0 Å². The van der Waals surface area contributed by atoms with Gasteiger partial charge in [-0.05, 0) is 69.4 Å². The van der Waals surface area contributed by atoms with Gasteiger partial charge in [-0.1, -0.05) is 200 Å². The van der Waals surface area contributed by atoms with Gasteiger partial charge in [-0.15, -0.1) is 0 Å². The van der Waals surface area contributed by atoms with E-state index in [4.69, 9.17) is 0 Å². The maximum atomic E-state index is 13.4. The summed E-state index contributed by atoms with van der Waals surface area (Å²) in [4.78, 5) is 40.1. The van der Waals surface area contributed by atoms with Gasteiger partial charge in [0.1, 0.15) is 16.2 Å². The van der Waals surface area contributed by atoms with Crippen molar-refractivity contribution in [3.8, 4) is 0 Å². The molecule has 282 valence electrons. The molecule has 3 N–H and O–H groups in total. The molecule has 0 aromatic heterocycles. The maximum Gasteiger partial charge on any atom is 0.318 e. The van der Waals surface area contributed by atoms with Crippen LogP contribution in [0.25, 0.3) is 16.7 Å². The number of carboxylic acid groups (broad SMARTS) is 3. The summed E-state index contributed by atoms with van der Waals surface area (Å²) in [5, 5.41) is 32.7. The number of hydrogen-bond donors (Lipinski definition) is 3. The molecule has 0 saturated heterocycles. The zero-order valence-electron chi connectivity index (χ0n) is 31.2. The Morgan fingerprint density at radius 3 is 0.789 bits per heavy atom. The van der Waals surface area contributed by atoms with Crippen LogP contribution in [-0.4, -0.2) is 33.2 Å². The van der Waals surface area contributed by atoms with E-state index in [-0.39, 0.29) is 19.3 Å². The minimum atomic E-state index is -1.57. The zero-order chi connectivity index (χ0) is 39.9. The van der Waals surface area contributed by atoms with E-state index in [1.54, 1.807) is 54.7 Å². The molecule has 0 spiro atoms. The first-order valence-corrected chi connectivity index (χ1v) is 18.9. The highest BCUT2D eigenvalue weighted by molar-refractivity contribution is 5.93. The molecule has 3 unspecified atom stereocenters. The second-order valence-corrected chi connectivity index (χ2v) is 14.5. The summed E-state index contributed by atoms with van der Waals surface area (Å²) in [7, 11) is 0. The molecule has 0 heterocycles. The Labute approximate surface area is 332 Å². The SMILES string of the molecule is O=C(O)C1(c2cc(C3(C(=O)O)C=CC(c4ccccc4)=CC3)cc(C3(C(=O)O)C=CC(c4ccccc4)=CC3)c2)C=CC(c2ccccc2)=CC1.c1ccccc1. The van der Waals surface area contributed by atoms with Gasteiger partial charge < -0.3 is 15.3 Å². The fourth-order valence-electron chi connectivity index (χ4n) is 7.72. The number of allylic oxidation sites excluding steroid dienone is 9. The Hall–Kier alpha value is -7.05. The summed E-state index contributed by atoms with van der Waals surface area (Å²) in [6, 6.07) is 45.9. The molecular weight excluding hydrogens is 709 g/mol. The topological polar surface area (TPSA) is 112 Å². The van der Waals surface area contributed by atoms with E-state index in [1.165, 1.54) is 0 Å². The van der Waals surface area contributed by atoms with E-state index >= 15 is 0 Å². The van der Waals surface area contributed by atoms with Crippen LogP contribution in [0, 0.1) is 0 Å². The van der Waals surface area contributed by atoms with Crippen molar-refractivity contribution in [2.24, 2.45) is 0 Å². The fourth-order valence-corrected chi connectivity index (χ4v) is 7.72. The van der Waals surface area contributed by atoms with Crippen molar-refractivity contribution < 1.29 is 29.7 Å². The molecule has 8 rings (SSSR count). The molecule has 3 aliphatic carbocycles. The molecule has 5 aromatic rings. The van der Waals surface area contributed by atoms with Gasteiger partial charge in [0.2, 0.25) is 0 Å². The van der Waals surface area contributed by atoms with Gasteiger partial charge in [-0.2, -0.15) is 0 Å². The lowest BCUT2D eigenvalue weighted by Crippen LogP contribution is -2.40. The van der Waals surface area contributed by atoms with Crippen LogP contribution in [0.3, 0.4) is 0 Å². The van der Waals surface area contributed by atoms with Gasteiger partial charge in [-0.3, -0.25) is 14.4 Å². The molecule has 0 radical (unpaired) electrons. The third kappa shape index (κ3) is 7.63. The number of carboxylic acids is 3. The highest BCUT2D eigenvalue weighted by Gasteiger charge is 2.46. The van der Waals surface area contributed by atoms with E-state index in [0.717, 1.165) is 33.4 Å². The first-order valence-electron chi connectivity index (χ1n) is 18.9. The number of rotatable bonds is 9. The standard InChI is InChI=1S/C45H36O6.C6H6/c46-40(47)43(22-16-34(17-23-43)31-10-4-1-5-11-31)37-28-38(44(41(48)49)24-18-35(19-25-44)32-12-6-2-7-13-32)30-39(29-37)45(42(50)51)26-20-36(21-27-45)33-14-8-3-9-15-33;1-2-4-6-5-3-1/h1-22,24,26,28-30H,23,25,27H2,(H,46,47)(H,48,49)(H,50,51);1-6H. The third-order valence-electron chi connectivity index (χ3n) is 11.2. The zero-order valence-corrected chi connectivity index (χ0v) is 31.2. The molecule has 6 heteroatoms. The largest absolute Gasteiger partial charge is 0.480 e. The second kappa shape index (κ2) is 16.4. The third-order valence-corrected chi connectivity index (χ3v) is 11.2. The Balaban J connectivity index is 0.000000757. The van der Waals surface area contributed by atoms with Crippen molar-refractivity contribution in [3.63, 3.8) is 0 Å². The van der Waals surface area contributed by atoms with Gasteiger partial charge in [0, 0.05) is 0 Å². The Morgan fingerprint density at radius 1 is 0.368 bits per heavy atom. The summed E-state index contributed by atoms with van der Waals surface area (Å²) in [5.74, 6) is -3.35. The predicted molar refractivity (Wildman–Crippen MR) is 225 cm³/mol. The summed E-state index contributed by atoms with van der Waals surface area (Å²) < 4.78 is 0. The molecule has 3 aliphatic rings. The highest BCUT2D eigenvalue weighted by atomic mass is 16.4. The number of aliphatic carboxylic acids is 3. The van der Waals surface area contributed by atoms with Crippen LogP contribution in [0.2, 0.25) is 0 Å². The van der Waals surface area contributed by atoms with Gasteiger partial charge in [0.05, 0.1) is 0 Å². The average molecular weight is 751 g/mol. The van der Waals surface area contributed by atoms with Crippen LogP contribution in [0.4, 0.5) is 0 Å². The average Bonchev–Trinajstić information content (AvgIpc) is 3.28. The molecule has 0 saturated carbocycles. The molecule has 0 amide bonds. The number of carbonyl (C=O) groups is 3. The normalized spacial score (nSPS) is 22.2. The van der Waals surface area contributed by atoms with Crippen molar-refractivity contribution in [2.45, 2.75) is 35.5 Å². The summed E-state index contributed by atoms with van der Waals surface area (Å²) in [5.41, 5.74) is 1.68. The van der Waals surface area contributed by atoms with Crippen LogP contribution < -0.4 is 0 Å². The van der Waals surface area contributed by atoms with Crippen molar-refractivity contribution in [3.05, 3.63) is 234 Å². The predicted octanol–water partition coefficient (Wildman–Crippen LogP) is 10.5. The minimum Gasteiger partial charge on any atom is -0.480 e. The molecule has 0 aliphatic heterocycles. The quantitative estimate of drug-likeness (QED) is 0.138. The van der Waals surface area contributed by atoms with Crippen LogP contribution in [0.15, 0.2) is 200 Å². The maximum absolute atomic E-state index is 13.4. The Morgan fingerprint density at radius 2 is 0.596 bits per heavy atom.